The number of carbonyl (C=O) groups is 1. The summed E-state index contributed by atoms with van der Waals surface area (Å²) >= 11 is 0. The monoisotopic (exact) mass is 447 g/mol. The van der Waals surface area contributed by atoms with Crippen LogP contribution in [0.4, 0.5) is 10.1 Å². The first-order valence-electron chi connectivity index (χ1n) is 10.1. The minimum absolute atomic E-state index is 0.0552. The summed E-state index contributed by atoms with van der Waals surface area (Å²) in [6.45, 7) is 2.81. The average molecular weight is 447 g/mol. The number of nitro groups is 1. The van der Waals surface area contributed by atoms with Crippen molar-refractivity contribution in [2.45, 2.75) is 13.0 Å². The van der Waals surface area contributed by atoms with Gasteiger partial charge in [0.1, 0.15) is 11.4 Å². The lowest BCUT2D eigenvalue weighted by atomic mass is 10.1. The fourth-order valence-electron chi connectivity index (χ4n) is 3.84. The Morgan fingerprint density at radius 3 is 2.31 bits per heavy atom. The van der Waals surface area contributed by atoms with E-state index >= 15 is 0 Å². The second kappa shape index (κ2) is 10.3. The van der Waals surface area contributed by atoms with Crippen LogP contribution >= 0.6 is 0 Å². The number of methoxy groups -OCH3 is 3. The first-order chi connectivity index (χ1) is 15.4. The summed E-state index contributed by atoms with van der Waals surface area (Å²) in [5, 5.41) is 11.8. The van der Waals surface area contributed by atoms with Gasteiger partial charge in [-0.05, 0) is 24.1 Å². The van der Waals surface area contributed by atoms with E-state index in [0.29, 0.717) is 32.6 Å². The van der Waals surface area contributed by atoms with Crippen molar-refractivity contribution in [2.24, 2.45) is 0 Å². The molecule has 172 valence electrons. The van der Waals surface area contributed by atoms with Gasteiger partial charge in [-0.1, -0.05) is 12.1 Å². The van der Waals surface area contributed by atoms with Crippen LogP contribution in [0.3, 0.4) is 0 Å². The summed E-state index contributed by atoms with van der Waals surface area (Å²) < 4.78 is 28.9. The molecule has 1 heterocycles. The number of hydrogen-bond donors (Lipinski definition) is 0. The Bertz CT molecular complexity index is 983. The molecule has 2 aromatic rings. The number of hydrogen-bond acceptors (Lipinski definition) is 7. The Kier molecular flexibility index (Phi) is 7.47. The minimum Gasteiger partial charge on any atom is -0.493 e. The van der Waals surface area contributed by atoms with Crippen LogP contribution in [0, 0.1) is 15.9 Å². The highest BCUT2D eigenvalue weighted by Crippen LogP contribution is 2.46. The summed E-state index contributed by atoms with van der Waals surface area (Å²) in [5.41, 5.74) is 0.408. The third-order valence-corrected chi connectivity index (χ3v) is 5.41. The van der Waals surface area contributed by atoms with E-state index in [4.69, 9.17) is 14.2 Å². The fraction of sp³-hybridized carbons (Fsp3) is 0.409. The highest BCUT2D eigenvalue weighted by molar-refractivity contribution is 6.00. The molecule has 0 spiro atoms. The Morgan fingerprint density at radius 1 is 1.03 bits per heavy atom. The second-order valence-corrected chi connectivity index (χ2v) is 7.35. The summed E-state index contributed by atoms with van der Waals surface area (Å²) in [4.78, 5) is 28.3. The molecule has 1 amide bonds. The normalized spacial score (nSPS) is 14.6. The van der Waals surface area contributed by atoms with Crippen molar-refractivity contribution in [1.29, 1.82) is 0 Å². The highest BCUT2D eigenvalue weighted by atomic mass is 19.1. The third-order valence-electron chi connectivity index (χ3n) is 5.41. The molecule has 0 bridgehead atoms. The molecule has 0 unspecified atom stereocenters. The van der Waals surface area contributed by atoms with Gasteiger partial charge in [0.05, 0.1) is 26.3 Å². The average Bonchev–Trinajstić information content (AvgIpc) is 3.03. The summed E-state index contributed by atoms with van der Waals surface area (Å²) in [6, 6.07) is 7.65. The van der Waals surface area contributed by atoms with E-state index in [1.165, 1.54) is 39.5 Å². The van der Waals surface area contributed by atoms with Gasteiger partial charge >= 0.3 is 5.69 Å². The van der Waals surface area contributed by atoms with E-state index in [0.717, 1.165) is 12.1 Å². The van der Waals surface area contributed by atoms with Crippen LogP contribution in [-0.4, -0.2) is 68.1 Å². The molecular formula is C22H26FN3O6. The lowest BCUT2D eigenvalue weighted by Gasteiger charge is -2.23. The molecule has 0 aliphatic carbocycles. The number of halogens is 1. The second-order valence-electron chi connectivity index (χ2n) is 7.35. The number of nitrogens with zero attached hydrogens (tertiary/aromatic N) is 3. The fourth-order valence-corrected chi connectivity index (χ4v) is 3.84. The van der Waals surface area contributed by atoms with E-state index in [1.807, 2.05) is 0 Å². The topological polar surface area (TPSA) is 94.4 Å². The number of nitro benzene ring substituents is 1. The first kappa shape index (κ1) is 23.3. The molecular weight excluding hydrogens is 421 g/mol. The van der Waals surface area contributed by atoms with Gasteiger partial charge in [0.2, 0.25) is 11.5 Å². The first-order valence-corrected chi connectivity index (χ1v) is 10.1. The molecule has 0 aromatic heterocycles. The lowest BCUT2D eigenvalue weighted by molar-refractivity contribution is -0.386. The van der Waals surface area contributed by atoms with Gasteiger partial charge < -0.3 is 19.1 Å². The van der Waals surface area contributed by atoms with Crippen LogP contribution in [-0.2, 0) is 6.54 Å². The van der Waals surface area contributed by atoms with Crippen molar-refractivity contribution in [3.63, 3.8) is 0 Å². The maximum atomic E-state index is 13.3. The molecule has 1 aliphatic heterocycles. The van der Waals surface area contributed by atoms with E-state index in [2.05, 4.69) is 4.90 Å². The minimum atomic E-state index is -0.646. The number of rotatable bonds is 7. The van der Waals surface area contributed by atoms with Gasteiger partial charge in [0, 0.05) is 38.8 Å². The van der Waals surface area contributed by atoms with Crippen LogP contribution in [0.2, 0.25) is 0 Å². The molecule has 32 heavy (non-hydrogen) atoms. The van der Waals surface area contributed by atoms with E-state index in [9.17, 15) is 19.3 Å². The SMILES string of the molecule is COc1cc(C(=O)N2CCCN(Cc3ccc(F)cc3)CC2)c([N+](=O)[O-])c(OC)c1OC. The molecule has 3 rings (SSSR count). The van der Waals surface area contributed by atoms with Gasteiger partial charge in [0.15, 0.2) is 5.75 Å². The smallest absolute Gasteiger partial charge is 0.327 e. The summed E-state index contributed by atoms with van der Waals surface area (Å²) in [7, 11) is 4.00. The van der Waals surface area contributed by atoms with Crippen molar-refractivity contribution in [3.8, 4) is 17.2 Å². The number of ether oxygens (including phenoxy) is 3. The zero-order valence-corrected chi connectivity index (χ0v) is 18.3. The number of benzene rings is 2. The van der Waals surface area contributed by atoms with Gasteiger partial charge in [-0.3, -0.25) is 19.8 Å². The maximum absolute atomic E-state index is 13.3. The summed E-state index contributed by atoms with van der Waals surface area (Å²) in [5.74, 6) is -0.688. The standard InChI is InChI=1S/C22H26FN3O6/c1-30-18-13-17(19(26(28)29)21(32-3)20(18)31-2)22(27)25-10-4-9-24(11-12-25)14-15-5-7-16(23)8-6-15/h5-8,13H,4,9-12,14H2,1-3H3. The van der Waals surface area contributed by atoms with E-state index in [-0.39, 0.29) is 28.6 Å². The van der Waals surface area contributed by atoms with E-state index in [1.54, 1.807) is 17.0 Å². The van der Waals surface area contributed by atoms with E-state index < -0.39 is 16.5 Å². The molecule has 0 atom stereocenters. The van der Waals surface area contributed by atoms with Crippen molar-refractivity contribution in [1.82, 2.24) is 9.80 Å². The van der Waals surface area contributed by atoms with Gasteiger partial charge in [-0.25, -0.2) is 4.39 Å². The van der Waals surface area contributed by atoms with Gasteiger partial charge in [0.25, 0.3) is 5.91 Å². The van der Waals surface area contributed by atoms with Crippen LogP contribution in [0.15, 0.2) is 30.3 Å². The molecule has 2 aromatic carbocycles. The highest BCUT2D eigenvalue weighted by Gasteiger charge is 2.34. The molecule has 10 heteroatoms. The van der Waals surface area contributed by atoms with Crippen molar-refractivity contribution < 1.29 is 28.3 Å². The Labute approximate surface area is 185 Å². The Balaban J connectivity index is 1.84. The van der Waals surface area contributed by atoms with Crippen molar-refractivity contribution in [2.75, 3.05) is 47.5 Å². The molecule has 1 fully saturated rings. The molecule has 9 nitrogen and oxygen atoms in total. The van der Waals surface area contributed by atoms with Gasteiger partial charge in [-0.15, -0.1) is 0 Å². The number of carbonyl (C=O) groups excluding carboxylic acids is 1. The molecule has 1 saturated heterocycles. The molecule has 0 N–H and O–H groups in total. The lowest BCUT2D eigenvalue weighted by Crippen LogP contribution is -2.35. The Morgan fingerprint density at radius 2 is 1.72 bits per heavy atom. The van der Waals surface area contributed by atoms with Crippen LogP contribution in [0.5, 0.6) is 17.2 Å². The van der Waals surface area contributed by atoms with Gasteiger partial charge in [-0.2, -0.15) is 0 Å². The third kappa shape index (κ3) is 4.91. The molecule has 0 radical (unpaired) electrons. The predicted molar refractivity (Wildman–Crippen MR) is 115 cm³/mol. The Hall–Kier alpha value is -3.40. The zero-order valence-electron chi connectivity index (χ0n) is 18.3. The number of amides is 1. The van der Waals surface area contributed by atoms with Crippen LogP contribution in [0.1, 0.15) is 22.3 Å². The molecule has 0 saturated carbocycles. The van der Waals surface area contributed by atoms with Crippen LogP contribution < -0.4 is 14.2 Å². The predicted octanol–water partition coefficient (Wildman–Crippen LogP) is 3.11. The maximum Gasteiger partial charge on any atom is 0.327 e. The van der Waals surface area contributed by atoms with Crippen LogP contribution in [0.25, 0.3) is 0 Å². The zero-order chi connectivity index (χ0) is 23.3. The quantitative estimate of drug-likeness (QED) is 0.475. The largest absolute Gasteiger partial charge is 0.493 e. The van der Waals surface area contributed by atoms with Crippen molar-refractivity contribution >= 4 is 11.6 Å². The summed E-state index contributed by atoms with van der Waals surface area (Å²) in [6.07, 6.45) is 0.700. The van der Waals surface area contributed by atoms with Crippen molar-refractivity contribution in [3.05, 3.63) is 57.4 Å². The molecule has 1 aliphatic rings.